The fourth-order valence-electron chi connectivity index (χ4n) is 7.06. The van der Waals surface area contributed by atoms with Gasteiger partial charge in [0.05, 0.1) is 11.1 Å². The molecule has 0 atom stereocenters. The fourth-order valence-corrected chi connectivity index (χ4v) is 8.23. The number of pyridine rings is 1. The molecule has 2 aliphatic carbocycles. The largest absolute Gasteiger partial charge is 0.259 e. The van der Waals surface area contributed by atoms with Crippen LogP contribution in [0.2, 0.25) is 0 Å². The van der Waals surface area contributed by atoms with Gasteiger partial charge in [0.1, 0.15) is 0 Å². The van der Waals surface area contributed by atoms with Crippen LogP contribution in [0.3, 0.4) is 0 Å². The van der Waals surface area contributed by atoms with Gasteiger partial charge in [-0.15, -0.1) is 0 Å². The molecular weight excluding hydrogens is 454 g/mol. The molecular formula is C34H19NS. The van der Waals surface area contributed by atoms with Gasteiger partial charge in [-0.05, 0) is 68.1 Å². The van der Waals surface area contributed by atoms with Gasteiger partial charge in [0.25, 0.3) is 0 Å². The molecule has 0 unspecified atom stereocenters. The molecule has 9 rings (SSSR count). The van der Waals surface area contributed by atoms with E-state index in [0.717, 1.165) is 5.69 Å². The Labute approximate surface area is 213 Å². The van der Waals surface area contributed by atoms with Crippen LogP contribution in [0.4, 0.5) is 0 Å². The minimum absolute atomic E-state index is 0.419. The van der Waals surface area contributed by atoms with Crippen molar-refractivity contribution in [3.05, 3.63) is 138 Å². The molecule has 0 N–H and O–H groups in total. The second-order valence-corrected chi connectivity index (χ2v) is 10.9. The summed E-state index contributed by atoms with van der Waals surface area (Å²) in [6.07, 6.45) is 1.97. The maximum atomic E-state index is 5.14. The number of nitrogens with zero attached hydrogens (tertiary/aromatic N) is 1. The van der Waals surface area contributed by atoms with Crippen LogP contribution in [0, 0.1) is 0 Å². The highest BCUT2D eigenvalue weighted by molar-refractivity contribution is 7.99. The average Bonchev–Trinajstić information content (AvgIpc) is 3.41. The van der Waals surface area contributed by atoms with Crippen LogP contribution in [0.15, 0.2) is 125 Å². The van der Waals surface area contributed by atoms with Gasteiger partial charge < -0.3 is 0 Å². The van der Waals surface area contributed by atoms with E-state index in [0.29, 0.717) is 0 Å². The van der Waals surface area contributed by atoms with Crippen molar-refractivity contribution >= 4 is 22.5 Å². The predicted molar refractivity (Wildman–Crippen MR) is 148 cm³/mol. The van der Waals surface area contributed by atoms with Crippen molar-refractivity contribution in [3.8, 4) is 33.4 Å². The lowest BCUT2D eigenvalue weighted by Gasteiger charge is -2.31. The maximum absolute atomic E-state index is 5.14. The first-order chi connectivity index (χ1) is 17.9. The molecule has 3 aliphatic rings. The van der Waals surface area contributed by atoms with Gasteiger partial charge in [0.15, 0.2) is 0 Å². The van der Waals surface area contributed by atoms with E-state index in [1.807, 2.05) is 18.0 Å². The zero-order chi connectivity index (χ0) is 23.4. The summed E-state index contributed by atoms with van der Waals surface area (Å²) in [7, 11) is 0. The van der Waals surface area contributed by atoms with E-state index in [4.69, 9.17) is 4.98 Å². The third-order valence-corrected chi connectivity index (χ3v) is 9.42. The maximum Gasteiger partial charge on any atom is 0.0904 e. The highest BCUT2D eigenvalue weighted by Gasteiger charge is 2.53. The number of rotatable bonds is 0. The van der Waals surface area contributed by atoms with Crippen molar-refractivity contribution in [2.24, 2.45) is 0 Å². The second-order valence-electron chi connectivity index (χ2n) is 9.86. The van der Waals surface area contributed by atoms with Crippen LogP contribution in [-0.4, -0.2) is 4.98 Å². The van der Waals surface area contributed by atoms with Gasteiger partial charge in [-0.3, -0.25) is 4.98 Å². The molecule has 2 heterocycles. The predicted octanol–water partition coefficient (Wildman–Crippen LogP) is 8.71. The minimum Gasteiger partial charge on any atom is -0.259 e. The van der Waals surface area contributed by atoms with Gasteiger partial charge in [0.2, 0.25) is 0 Å². The zero-order valence-electron chi connectivity index (χ0n) is 19.3. The van der Waals surface area contributed by atoms with E-state index in [9.17, 15) is 0 Å². The quantitative estimate of drug-likeness (QED) is 0.218. The second kappa shape index (κ2) is 6.54. The Morgan fingerprint density at radius 3 is 2.00 bits per heavy atom. The van der Waals surface area contributed by atoms with Crippen LogP contribution in [0.5, 0.6) is 0 Å². The molecule has 0 amide bonds. The molecule has 5 aromatic carbocycles. The standard InChI is InChI=1S/C34H19NS/c1-4-15-27-20(9-1)21-10-2-5-16-28(21)34(27)32-25-13-7-12-23-22-11-3-6-17-29(22)36-30(31(23)25)19-26(32)24-14-8-18-35-33(24)34/h1-19H. The topological polar surface area (TPSA) is 12.9 Å². The summed E-state index contributed by atoms with van der Waals surface area (Å²) in [5.41, 5.74) is 12.7. The molecule has 166 valence electrons. The first-order valence-electron chi connectivity index (χ1n) is 12.4. The lowest BCUT2D eigenvalue weighted by molar-refractivity contribution is 0.766. The average molecular weight is 474 g/mol. The summed E-state index contributed by atoms with van der Waals surface area (Å²) in [6, 6.07) is 40.4. The first kappa shape index (κ1) is 19.1. The number of benzene rings is 5. The minimum atomic E-state index is -0.419. The summed E-state index contributed by atoms with van der Waals surface area (Å²) in [5, 5.41) is 2.71. The summed E-state index contributed by atoms with van der Waals surface area (Å²) in [4.78, 5) is 7.80. The molecule has 1 aromatic heterocycles. The number of fused-ring (bicyclic) bond motifs is 13. The van der Waals surface area contributed by atoms with Crippen LogP contribution in [-0.2, 0) is 5.41 Å². The van der Waals surface area contributed by atoms with E-state index in [1.54, 1.807) is 0 Å². The monoisotopic (exact) mass is 473 g/mol. The Hall–Kier alpha value is -4.14. The van der Waals surface area contributed by atoms with Crippen molar-refractivity contribution in [3.63, 3.8) is 0 Å². The van der Waals surface area contributed by atoms with E-state index in [1.165, 1.54) is 70.6 Å². The van der Waals surface area contributed by atoms with Gasteiger partial charge in [-0.25, -0.2) is 0 Å². The van der Waals surface area contributed by atoms with E-state index in [-0.39, 0.29) is 0 Å². The molecule has 0 saturated heterocycles. The molecule has 36 heavy (non-hydrogen) atoms. The SMILES string of the molecule is c1ccc2c(c1)Sc1cc3c(c4cccc-2c14)C1(c2ccccc2-c2ccccc21)c1ncccc1-3. The van der Waals surface area contributed by atoms with Crippen molar-refractivity contribution in [1.82, 2.24) is 4.98 Å². The number of hydrogen-bond acceptors (Lipinski definition) is 2. The molecule has 6 aromatic rings. The fraction of sp³-hybridized carbons (Fsp3) is 0.0294. The third kappa shape index (κ3) is 2.06. The molecule has 2 heteroatoms. The van der Waals surface area contributed by atoms with E-state index >= 15 is 0 Å². The third-order valence-electron chi connectivity index (χ3n) is 8.30. The lowest BCUT2D eigenvalue weighted by atomic mass is 9.71. The summed E-state index contributed by atoms with van der Waals surface area (Å²) >= 11 is 1.90. The van der Waals surface area contributed by atoms with Gasteiger partial charge in [0, 0.05) is 26.9 Å². The molecule has 0 saturated carbocycles. The molecule has 0 bridgehead atoms. The highest BCUT2D eigenvalue weighted by atomic mass is 32.2. The first-order valence-corrected chi connectivity index (χ1v) is 13.2. The highest BCUT2D eigenvalue weighted by Crippen LogP contribution is 2.65. The van der Waals surface area contributed by atoms with Gasteiger partial charge in [-0.2, -0.15) is 0 Å². The smallest absolute Gasteiger partial charge is 0.0904 e. The Balaban J connectivity index is 1.53. The summed E-state index contributed by atoms with van der Waals surface area (Å²) in [5.74, 6) is 0. The van der Waals surface area contributed by atoms with Crippen molar-refractivity contribution in [1.29, 1.82) is 0 Å². The van der Waals surface area contributed by atoms with Crippen molar-refractivity contribution < 1.29 is 0 Å². The zero-order valence-corrected chi connectivity index (χ0v) is 20.1. The Bertz CT molecular complexity index is 1890. The van der Waals surface area contributed by atoms with Crippen LogP contribution < -0.4 is 0 Å². The normalized spacial score (nSPS) is 14.8. The molecule has 1 spiro atoms. The van der Waals surface area contributed by atoms with Crippen molar-refractivity contribution in [2.45, 2.75) is 15.2 Å². The molecule has 0 fully saturated rings. The van der Waals surface area contributed by atoms with Crippen LogP contribution in [0.1, 0.15) is 22.4 Å². The molecule has 1 aliphatic heterocycles. The van der Waals surface area contributed by atoms with Gasteiger partial charge >= 0.3 is 0 Å². The molecule has 0 radical (unpaired) electrons. The van der Waals surface area contributed by atoms with Crippen molar-refractivity contribution in [2.75, 3.05) is 0 Å². The number of aromatic nitrogens is 1. The van der Waals surface area contributed by atoms with Crippen LogP contribution >= 0.6 is 11.8 Å². The Morgan fingerprint density at radius 1 is 0.528 bits per heavy atom. The van der Waals surface area contributed by atoms with E-state index < -0.39 is 5.41 Å². The summed E-state index contributed by atoms with van der Waals surface area (Å²) < 4.78 is 0. The molecule has 1 nitrogen and oxygen atoms in total. The Morgan fingerprint density at radius 2 is 1.19 bits per heavy atom. The van der Waals surface area contributed by atoms with E-state index in [2.05, 4.69) is 109 Å². The summed E-state index contributed by atoms with van der Waals surface area (Å²) in [6.45, 7) is 0. The Kier molecular flexibility index (Phi) is 3.47. The van der Waals surface area contributed by atoms with Gasteiger partial charge in [-0.1, -0.05) is 103 Å². The number of hydrogen-bond donors (Lipinski definition) is 0. The van der Waals surface area contributed by atoms with Crippen LogP contribution in [0.25, 0.3) is 44.2 Å². The lowest BCUT2D eigenvalue weighted by Crippen LogP contribution is -2.27.